The molecule has 0 aromatic heterocycles. The fourth-order valence-electron chi connectivity index (χ4n) is 3.56. The molecule has 2 aromatic rings. The highest BCUT2D eigenvalue weighted by atomic mass is 32.2. The van der Waals surface area contributed by atoms with Crippen LogP contribution in [0.2, 0.25) is 0 Å². The molecule has 0 radical (unpaired) electrons. The Balaban J connectivity index is 2.37. The molecule has 2 amide bonds. The topological polar surface area (TPSA) is 86.8 Å². The molecule has 36 heavy (non-hydrogen) atoms. The van der Waals surface area contributed by atoms with Gasteiger partial charge in [0.05, 0.1) is 11.9 Å². The van der Waals surface area contributed by atoms with Crippen LogP contribution in [-0.2, 0) is 31.6 Å². The van der Waals surface area contributed by atoms with Crippen LogP contribution in [0.5, 0.6) is 0 Å². The third-order valence-corrected chi connectivity index (χ3v) is 6.96. The number of halogens is 1. The third kappa shape index (κ3) is 8.33. The number of anilines is 1. The highest BCUT2D eigenvalue weighted by Crippen LogP contribution is 2.26. The van der Waals surface area contributed by atoms with E-state index in [0.29, 0.717) is 17.8 Å². The van der Waals surface area contributed by atoms with Gasteiger partial charge in [-0.15, -0.1) is 0 Å². The van der Waals surface area contributed by atoms with Crippen molar-refractivity contribution in [2.75, 3.05) is 23.7 Å². The second kappa shape index (κ2) is 11.9. The Morgan fingerprint density at radius 2 is 1.53 bits per heavy atom. The minimum absolute atomic E-state index is 0.0238. The van der Waals surface area contributed by atoms with Crippen molar-refractivity contribution in [3.63, 3.8) is 0 Å². The summed E-state index contributed by atoms with van der Waals surface area (Å²) in [6.07, 6.45) is 1.04. The molecule has 9 heteroatoms. The zero-order chi connectivity index (χ0) is 27.3. The van der Waals surface area contributed by atoms with Gasteiger partial charge in [-0.2, -0.15) is 0 Å². The Morgan fingerprint density at radius 3 is 2.00 bits per heavy atom. The van der Waals surface area contributed by atoms with E-state index in [-0.39, 0.29) is 23.8 Å². The van der Waals surface area contributed by atoms with Crippen molar-refractivity contribution >= 4 is 27.5 Å². The predicted octanol–water partition coefficient (Wildman–Crippen LogP) is 4.08. The molecule has 0 spiro atoms. The highest BCUT2D eigenvalue weighted by molar-refractivity contribution is 7.92. The molecule has 0 aliphatic rings. The molecule has 0 saturated heterocycles. The number of hydrogen-bond donors (Lipinski definition) is 1. The summed E-state index contributed by atoms with van der Waals surface area (Å²) >= 11 is 0. The second-order valence-corrected chi connectivity index (χ2v) is 12.4. The lowest BCUT2D eigenvalue weighted by Crippen LogP contribution is -2.51. The number of sulfonamides is 1. The number of benzene rings is 2. The van der Waals surface area contributed by atoms with E-state index in [9.17, 15) is 22.4 Å². The van der Waals surface area contributed by atoms with Crippen LogP contribution in [-0.4, -0.2) is 50.5 Å². The van der Waals surface area contributed by atoms with E-state index in [1.165, 1.54) is 29.2 Å². The Kier molecular flexibility index (Phi) is 9.65. The lowest BCUT2D eigenvalue weighted by atomic mass is 9.87. The largest absolute Gasteiger partial charge is 0.354 e. The van der Waals surface area contributed by atoms with E-state index >= 15 is 0 Å². The Bertz CT molecular complexity index is 1140. The molecule has 2 rings (SSSR count). The van der Waals surface area contributed by atoms with Crippen LogP contribution in [0, 0.1) is 11.7 Å². The molecule has 0 unspecified atom stereocenters. The number of hydrogen-bond acceptors (Lipinski definition) is 4. The van der Waals surface area contributed by atoms with Gasteiger partial charge in [-0.3, -0.25) is 13.9 Å². The van der Waals surface area contributed by atoms with Crippen molar-refractivity contribution in [3.05, 3.63) is 65.5 Å². The summed E-state index contributed by atoms with van der Waals surface area (Å²) in [6.45, 7) is 11.7. The Morgan fingerprint density at radius 1 is 0.972 bits per heavy atom. The summed E-state index contributed by atoms with van der Waals surface area (Å²) < 4.78 is 39.8. The van der Waals surface area contributed by atoms with Crippen LogP contribution >= 0.6 is 0 Å². The lowest BCUT2D eigenvalue weighted by Gasteiger charge is -2.31. The molecular formula is C27H38FN3O4S. The smallest absolute Gasteiger partial charge is 0.244 e. The summed E-state index contributed by atoms with van der Waals surface area (Å²) in [7, 11) is -3.81. The molecule has 198 valence electrons. The van der Waals surface area contributed by atoms with Crippen LogP contribution in [0.15, 0.2) is 48.5 Å². The van der Waals surface area contributed by atoms with E-state index in [2.05, 4.69) is 26.1 Å². The molecule has 2 aromatic carbocycles. The van der Waals surface area contributed by atoms with Crippen molar-refractivity contribution in [1.82, 2.24) is 10.2 Å². The first-order chi connectivity index (χ1) is 16.6. The highest BCUT2D eigenvalue weighted by Gasteiger charge is 2.30. The monoisotopic (exact) mass is 519 g/mol. The van der Waals surface area contributed by atoms with Gasteiger partial charge >= 0.3 is 0 Å². The van der Waals surface area contributed by atoms with E-state index in [1.54, 1.807) is 19.1 Å². The number of nitrogens with one attached hydrogen (secondary N) is 1. The maximum absolute atomic E-state index is 13.5. The summed E-state index contributed by atoms with van der Waals surface area (Å²) in [4.78, 5) is 27.7. The zero-order valence-corrected chi connectivity index (χ0v) is 23.0. The average molecular weight is 520 g/mol. The first-order valence-corrected chi connectivity index (χ1v) is 13.8. The summed E-state index contributed by atoms with van der Waals surface area (Å²) in [5.41, 5.74) is 1.89. The van der Waals surface area contributed by atoms with Crippen molar-refractivity contribution in [2.24, 2.45) is 5.92 Å². The minimum Gasteiger partial charge on any atom is -0.354 e. The van der Waals surface area contributed by atoms with Crippen molar-refractivity contribution in [3.8, 4) is 0 Å². The number of rotatable bonds is 10. The van der Waals surface area contributed by atoms with Gasteiger partial charge in [-0.05, 0) is 53.6 Å². The van der Waals surface area contributed by atoms with Gasteiger partial charge in [-0.25, -0.2) is 12.8 Å². The maximum Gasteiger partial charge on any atom is 0.244 e. The van der Waals surface area contributed by atoms with Crippen molar-refractivity contribution in [2.45, 2.75) is 59.5 Å². The SMILES string of the molecule is CC(C)CNC(=O)[C@H](C)N(Cc1ccc(F)cc1)C(=O)CN(c1ccc(C(C)(C)C)cc1)S(C)(=O)=O. The van der Waals surface area contributed by atoms with Gasteiger partial charge in [0.25, 0.3) is 0 Å². The number of carbonyl (C=O) groups excluding carboxylic acids is 2. The first kappa shape index (κ1) is 29.3. The van der Waals surface area contributed by atoms with Crippen molar-refractivity contribution in [1.29, 1.82) is 0 Å². The third-order valence-electron chi connectivity index (χ3n) is 5.82. The molecule has 0 heterocycles. The number of amides is 2. The lowest BCUT2D eigenvalue weighted by molar-refractivity contribution is -0.139. The van der Waals surface area contributed by atoms with Crippen LogP contribution in [0.4, 0.5) is 10.1 Å². The second-order valence-electron chi connectivity index (χ2n) is 10.5. The average Bonchev–Trinajstić information content (AvgIpc) is 2.78. The van der Waals surface area contributed by atoms with Gasteiger partial charge in [-0.1, -0.05) is 58.9 Å². The van der Waals surface area contributed by atoms with E-state index in [1.807, 2.05) is 26.0 Å². The Labute approximate surface area is 214 Å². The molecule has 1 N–H and O–H groups in total. The van der Waals surface area contributed by atoms with Gasteiger partial charge in [0.1, 0.15) is 18.4 Å². The molecule has 0 saturated carbocycles. The minimum atomic E-state index is -3.81. The summed E-state index contributed by atoms with van der Waals surface area (Å²) in [6, 6.07) is 11.8. The van der Waals surface area contributed by atoms with Crippen LogP contribution in [0.1, 0.15) is 52.7 Å². The summed E-state index contributed by atoms with van der Waals surface area (Å²) in [5.74, 6) is -1.09. The van der Waals surface area contributed by atoms with Gasteiger partial charge in [0.2, 0.25) is 21.8 Å². The van der Waals surface area contributed by atoms with E-state index < -0.39 is 34.3 Å². The normalized spacial score (nSPS) is 12.8. The molecule has 0 aliphatic heterocycles. The van der Waals surface area contributed by atoms with Crippen LogP contribution in [0.3, 0.4) is 0 Å². The van der Waals surface area contributed by atoms with E-state index in [4.69, 9.17) is 0 Å². The number of carbonyl (C=O) groups is 2. The molecule has 1 atom stereocenters. The quantitative estimate of drug-likeness (QED) is 0.513. The molecular weight excluding hydrogens is 481 g/mol. The predicted molar refractivity (Wildman–Crippen MR) is 142 cm³/mol. The number of nitrogens with zero attached hydrogens (tertiary/aromatic N) is 2. The summed E-state index contributed by atoms with van der Waals surface area (Å²) in [5, 5.41) is 2.82. The standard InChI is InChI=1S/C27H38FN3O4S/c1-19(2)16-29-26(33)20(3)30(17-21-8-12-23(28)13-9-21)25(32)18-31(36(7,34)35)24-14-10-22(11-15-24)27(4,5)6/h8-15,19-20H,16-18H2,1-7H3,(H,29,33)/t20-/m0/s1. The van der Waals surface area contributed by atoms with Gasteiger partial charge in [0, 0.05) is 13.1 Å². The van der Waals surface area contributed by atoms with Crippen LogP contribution < -0.4 is 9.62 Å². The first-order valence-electron chi connectivity index (χ1n) is 12.0. The van der Waals surface area contributed by atoms with Crippen molar-refractivity contribution < 1.29 is 22.4 Å². The Hall–Kier alpha value is -2.94. The molecule has 7 nitrogen and oxygen atoms in total. The molecule has 0 bridgehead atoms. The fraction of sp³-hybridized carbons (Fsp3) is 0.481. The molecule has 0 fully saturated rings. The van der Waals surface area contributed by atoms with Gasteiger partial charge < -0.3 is 10.2 Å². The maximum atomic E-state index is 13.5. The van der Waals surface area contributed by atoms with E-state index in [0.717, 1.165) is 16.1 Å². The zero-order valence-electron chi connectivity index (χ0n) is 22.2. The molecule has 0 aliphatic carbocycles. The van der Waals surface area contributed by atoms with Gasteiger partial charge in [0.15, 0.2) is 0 Å². The fourth-order valence-corrected chi connectivity index (χ4v) is 4.41. The van der Waals surface area contributed by atoms with Crippen LogP contribution in [0.25, 0.3) is 0 Å².